The van der Waals surface area contributed by atoms with Gasteiger partial charge in [0.2, 0.25) is 0 Å². The Bertz CT molecular complexity index is 1140. The van der Waals surface area contributed by atoms with Crippen molar-refractivity contribution in [2.45, 2.75) is 19.8 Å². The Morgan fingerprint density at radius 1 is 0.893 bits per heavy atom. The monoisotopic (exact) mass is 480 g/mol. The molecule has 1 aromatic heterocycles. The van der Waals surface area contributed by atoms with E-state index >= 15 is 0 Å². The smallest absolute Gasteiger partial charge is 0.307 e. The Balaban J connectivity index is 1.81. The zero-order valence-corrected chi connectivity index (χ0v) is 18.0. The fourth-order valence-corrected chi connectivity index (χ4v) is 3.88. The number of halogens is 1. The summed E-state index contributed by atoms with van der Waals surface area (Å²) >= 11 is 2.25. The molecular formula is C24H21IN2O. The molecule has 3 nitrogen and oxygen atoms in total. The molecule has 4 heteroatoms. The third-order valence-electron chi connectivity index (χ3n) is 4.90. The summed E-state index contributed by atoms with van der Waals surface area (Å²) in [5.41, 5.74) is 5.22. The third kappa shape index (κ3) is 3.56. The van der Waals surface area contributed by atoms with E-state index < -0.39 is 0 Å². The van der Waals surface area contributed by atoms with Gasteiger partial charge in [0.15, 0.2) is 0 Å². The lowest BCUT2D eigenvalue weighted by Crippen LogP contribution is -2.18. The van der Waals surface area contributed by atoms with Crippen LogP contribution >= 0.6 is 22.6 Å². The van der Waals surface area contributed by atoms with E-state index in [-0.39, 0.29) is 6.03 Å². The number of para-hydroxylation sites is 1. The molecule has 0 saturated carbocycles. The number of nitrogens with one attached hydrogen (secondary N) is 1. The average molecular weight is 480 g/mol. The van der Waals surface area contributed by atoms with Crippen molar-refractivity contribution in [2.24, 2.45) is 0 Å². The summed E-state index contributed by atoms with van der Waals surface area (Å²) in [6, 6.07) is 24.1. The number of carbonyl (C=O) groups is 1. The Morgan fingerprint density at radius 3 is 2.32 bits per heavy atom. The van der Waals surface area contributed by atoms with Gasteiger partial charge in [-0.1, -0.05) is 56.3 Å². The maximum atomic E-state index is 13.0. The predicted octanol–water partition coefficient (Wildman–Crippen LogP) is 7.12. The molecule has 1 amide bonds. The normalized spacial score (nSPS) is 11.1. The molecule has 0 fully saturated rings. The van der Waals surface area contributed by atoms with Crippen LogP contribution in [-0.4, -0.2) is 10.6 Å². The minimum Gasteiger partial charge on any atom is -0.307 e. The maximum absolute atomic E-state index is 13.0. The second kappa shape index (κ2) is 7.80. The zero-order valence-electron chi connectivity index (χ0n) is 15.8. The fraction of sp³-hybridized carbons (Fsp3) is 0.125. The highest BCUT2D eigenvalue weighted by molar-refractivity contribution is 14.1. The summed E-state index contributed by atoms with van der Waals surface area (Å²) in [6.45, 7) is 4.39. The molecule has 1 N–H and O–H groups in total. The van der Waals surface area contributed by atoms with Crippen molar-refractivity contribution in [3.8, 4) is 11.1 Å². The summed E-state index contributed by atoms with van der Waals surface area (Å²) in [4.78, 5) is 13.0. The van der Waals surface area contributed by atoms with Gasteiger partial charge in [-0.15, -0.1) is 0 Å². The van der Waals surface area contributed by atoms with Crippen molar-refractivity contribution in [2.75, 3.05) is 5.32 Å². The molecule has 0 aliphatic heterocycles. The Labute approximate surface area is 178 Å². The molecule has 0 saturated heterocycles. The summed E-state index contributed by atoms with van der Waals surface area (Å²) in [5.74, 6) is 0.402. The molecule has 0 unspecified atom stereocenters. The Hall–Kier alpha value is -2.60. The lowest BCUT2D eigenvalue weighted by Gasteiger charge is -2.12. The quantitative estimate of drug-likeness (QED) is 0.312. The van der Waals surface area contributed by atoms with E-state index in [1.807, 2.05) is 48.7 Å². The molecule has 28 heavy (non-hydrogen) atoms. The number of benzene rings is 3. The topological polar surface area (TPSA) is 34.0 Å². The average Bonchev–Trinajstić information content (AvgIpc) is 3.09. The van der Waals surface area contributed by atoms with Crippen LogP contribution in [0.3, 0.4) is 0 Å². The SMILES string of the molecule is CC(C)c1ccccc1-c1cn(C(=O)Nc2ccc(I)cc2)c2ccccc12. The first kappa shape index (κ1) is 18.7. The highest BCUT2D eigenvalue weighted by atomic mass is 127. The molecule has 0 spiro atoms. The van der Waals surface area contributed by atoms with Crippen LogP contribution in [0.2, 0.25) is 0 Å². The van der Waals surface area contributed by atoms with Gasteiger partial charge >= 0.3 is 6.03 Å². The molecule has 0 bridgehead atoms. The molecule has 3 aromatic carbocycles. The van der Waals surface area contributed by atoms with Gasteiger partial charge in [-0.25, -0.2) is 4.79 Å². The van der Waals surface area contributed by atoms with Gasteiger partial charge in [0.05, 0.1) is 5.52 Å². The van der Waals surface area contributed by atoms with Crippen molar-refractivity contribution in [3.63, 3.8) is 0 Å². The number of aromatic nitrogens is 1. The van der Waals surface area contributed by atoms with Crippen LogP contribution in [-0.2, 0) is 0 Å². The Kier molecular flexibility index (Phi) is 5.22. The van der Waals surface area contributed by atoms with Gasteiger partial charge in [0.1, 0.15) is 0 Å². The van der Waals surface area contributed by atoms with Crippen LogP contribution in [0, 0.1) is 3.57 Å². The number of anilines is 1. The number of hydrogen-bond donors (Lipinski definition) is 1. The van der Waals surface area contributed by atoms with Crippen LogP contribution in [0.15, 0.2) is 79.0 Å². The molecule has 0 atom stereocenters. The number of rotatable bonds is 3. The molecule has 4 aromatic rings. The molecule has 0 aliphatic rings. The summed E-state index contributed by atoms with van der Waals surface area (Å²) in [5, 5.41) is 4.08. The highest BCUT2D eigenvalue weighted by Crippen LogP contribution is 2.35. The van der Waals surface area contributed by atoms with Crippen molar-refractivity contribution >= 4 is 45.2 Å². The molecule has 4 rings (SSSR count). The Morgan fingerprint density at radius 2 is 1.57 bits per heavy atom. The minimum absolute atomic E-state index is 0.161. The fourth-order valence-electron chi connectivity index (χ4n) is 3.52. The lowest BCUT2D eigenvalue weighted by atomic mass is 9.92. The standard InChI is InChI=1S/C24H21IN2O/c1-16(2)19-7-3-4-8-20(19)22-15-27(23-10-6-5-9-21(22)23)24(28)26-18-13-11-17(25)12-14-18/h3-16H,1-2H3,(H,26,28). The molecule has 0 aliphatic carbocycles. The molecule has 140 valence electrons. The third-order valence-corrected chi connectivity index (χ3v) is 5.62. The number of hydrogen-bond acceptors (Lipinski definition) is 1. The zero-order chi connectivity index (χ0) is 19.7. The lowest BCUT2D eigenvalue weighted by molar-refractivity contribution is 0.254. The van der Waals surface area contributed by atoms with E-state index in [4.69, 9.17) is 0 Å². The van der Waals surface area contributed by atoms with Crippen molar-refractivity contribution in [3.05, 3.63) is 88.1 Å². The number of nitrogens with zero attached hydrogens (tertiary/aromatic N) is 1. The van der Waals surface area contributed by atoms with E-state index in [2.05, 4.69) is 72.1 Å². The summed E-state index contributed by atoms with van der Waals surface area (Å²) < 4.78 is 2.84. The molecule has 1 heterocycles. The van der Waals surface area contributed by atoms with E-state index in [1.54, 1.807) is 4.57 Å². The van der Waals surface area contributed by atoms with Crippen molar-refractivity contribution in [1.82, 2.24) is 4.57 Å². The highest BCUT2D eigenvalue weighted by Gasteiger charge is 2.17. The van der Waals surface area contributed by atoms with Gasteiger partial charge in [-0.05, 0) is 70.0 Å². The number of carbonyl (C=O) groups excluding carboxylic acids is 1. The van der Waals surface area contributed by atoms with Crippen LogP contribution in [0.25, 0.3) is 22.0 Å². The summed E-state index contributed by atoms with van der Waals surface area (Å²) in [7, 11) is 0. The van der Waals surface area contributed by atoms with E-state index in [0.29, 0.717) is 5.92 Å². The van der Waals surface area contributed by atoms with Gasteiger partial charge in [-0.3, -0.25) is 4.57 Å². The molecular weight excluding hydrogens is 459 g/mol. The van der Waals surface area contributed by atoms with Gasteiger partial charge in [0.25, 0.3) is 0 Å². The van der Waals surface area contributed by atoms with Crippen LogP contribution < -0.4 is 5.32 Å². The number of fused-ring (bicyclic) bond motifs is 1. The van der Waals surface area contributed by atoms with Crippen molar-refractivity contribution in [1.29, 1.82) is 0 Å². The minimum atomic E-state index is -0.161. The van der Waals surface area contributed by atoms with Crippen LogP contribution in [0.4, 0.5) is 10.5 Å². The van der Waals surface area contributed by atoms with E-state index in [1.165, 1.54) is 11.1 Å². The van der Waals surface area contributed by atoms with E-state index in [0.717, 1.165) is 25.7 Å². The second-order valence-electron chi connectivity index (χ2n) is 7.11. The predicted molar refractivity (Wildman–Crippen MR) is 125 cm³/mol. The van der Waals surface area contributed by atoms with E-state index in [9.17, 15) is 4.79 Å². The van der Waals surface area contributed by atoms with Crippen molar-refractivity contribution < 1.29 is 4.79 Å². The second-order valence-corrected chi connectivity index (χ2v) is 8.35. The largest absolute Gasteiger partial charge is 0.330 e. The van der Waals surface area contributed by atoms with Crippen LogP contribution in [0.5, 0.6) is 0 Å². The first-order valence-corrected chi connectivity index (χ1v) is 10.4. The number of amides is 1. The summed E-state index contributed by atoms with van der Waals surface area (Å²) in [6.07, 6.45) is 1.95. The van der Waals surface area contributed by atoms with Crippen LogP contribution in [0.1, 0.15) is 25.3 Å². The maximum Gasteiger partial charge on any atom is 0.330 e. The van der Waals surface area contributed by atoms with Gasteiger partial charge in [0, 0.05) is 26.4 Å². The van der Waals surface area contributed by atoms with Gasteiger partial charge < -0.3 is 5.32 Å². The first-order chi connectivity index (χ1) is 13.5. The van der Waals surface area contributed by atoms with Gasteiger partial charge in [-0.2, -0.15) is 0 Å². The first-order valence-electron chi connectivity index (χ1n) is 9.31. The molecule has 0 radical (unpaired) electrons.